The molecule has 0 unspecified atom stereocenters. The molecular weight excluding hydrogens is 326 g/mol. The zero-order chi connectivity index (χ0) is 16.8. The van der Waals surface area contributed by atoms with Gasteiger partial charge >= 0.3 is 0 Å². The predicted molar refractivity (Wildman–Crippen MR) is 77.2 cm³/mol. The third-order valence-electron chi connectivity index (χ3n) is 3.90. The van der Waals surface area contributed by atoms with Crippen LogP contribution < -0.4 is 4.90 Å². The van der Waals surface area contributed by atoms with Crippen LogP contribution in [-0.4, -0.2) is 33.3 Å². The van der Waals surface area contributed by atoms with Crippen molar-refractivity contribution in [2.24, 2.45) is 0 Å². The van der Waals surface area contributed by atoms with Crippen LogP contribution in [0.15, 0.2) is 18.5 Å². The number of fused-ring (bicyclic) bond motifs is 1. The van der Waals surface area contributed by atoms with Gasteiger partial charge in [0.15, 0.2) is 0 Å². The molecule has 1 saturated heterocycles. The van der Waals surface area contributed by atoms with Gasteiger partial charge in [-0.1, -0.05) is 0 Å². The van der Waals surface area contributed by atoms with Gasteiger partial charge in [-0.3, -0.25) is 0 Å². The number of rotatable bonds is 2. The second-order valence-electron chi connectivity index (χ2n) is 5.34. The summed E-state index contributed by atoms with van der Waals surface area (Å²) in [7, 11) is 0. The standard InChI is InChI=1S/C15H9F4N5/c16-7-4-8(17)10(9(18)5-7)11-13(24-2-1-3-24)12-15(22-14(11)19)23-21-6-20-12/h4-6H,1-3H2. The summed E-state index contributed by atoms with van der Waals surface area (Å²) in [5.74, 6) is -4.62. The highest BCUT2D eigenvalue weighted by atomic mass is 19.1. The lowest BCUT2D eigenvalue weighted by atomic mass is 10.0. The smallest absolute Gasteiger partial charge is 0.225 e. The van der Waals surface area contributed by atoms with E-state index in [9.17, 15) is 17.6 Å². The van der Waals surface area contributed by atoms with Crippen LogP contribution in [0.5, 0.6) is 0 Å². The first-order chi connectivity index (χ1) is 11.6. The van der Waals surface area contributed by atoms with Gasteiger partial charge in [0.05, 0.1) is 16.8 Å². The van der Waals surface area contributed by atoms with Crippen LogP contribution in [0.2, 0.25) is 0 Å². The first-order valence-electron chi connectivity index (χ1n) is 7.13. The van der Waals surface area contributed by atoms with Crippen LogP contribution >= 0.6 is 0 Å². The van der Waals surface area contributed by atoms with Crippen LogP contribution in [-0.2, 0) is 0 Å². The molecule has 1 aromatic carbocycles. The SMILES string of the molecule is Fc1cc(F)c(-c2c(F)nc3nncnc3c2N2CCC2)c(F)c1. The van der Waals surface area contributed by atoms with Crippen molar-refractivity contribution in [3.63, 3.8) is 0 Å². The fourth-order valence-electron chi connectivity index (χ4n) is 2.73. The van der Waals surface area contributed by atoms with E-state index in [1.807, 2.05) is 0 Å². The zero-order valence-electron chi connectivity index (χ0n) is 12.1. The molecule has 3 aromatic rings. The molecule has 0 amide bonds. The summed E-state index contributed by atoms with van der Waals surface area (Å²) in [6.45, 7) is 1.14. The molecule has 1 fully saturated rings. The molecule has 0 aliphatic carbocycles. The number of benzene rings is 1. The average Bonchev–Trinajstić information content (AvgIpc) is 2.47. The summed E-state index contributed by atoms with van der Waals surface area (Å²) >= 11 is 0. The van der Waals surface area contributed by atoms with E-state index in [2.05, 4.69) is 20.2 Å². The summed E-state index contributed by atoms with van der Waals surface area (Å²) in [5.41, 5.74) is -0.766. The highest BCUT2D eigenvalue weighted by Gasteiger charge is 2.29. The second kappa shape index (κ2) is 5.36. The normalized spacial score (nSPS) is 14.1. The number of anilines is 1. The Hall–Kier alpha value is -2.84. The van der Waals surface area contributed by atoms with Crippen molar-refractivity contribution in [1.82, 2.24) is 20.2 Å². The number of hydrogen-bond donors (Lipinski definition) is 0. The summed E-state index contributed by atoms with van der Waals surface area (Å²) in [5, 5.41) is 7.24. The van der Waals surface area contributed by atoms with E-state index >= 15 is 0 Å². The van der Waals surface area contributed by atoms with Crippen LogP contribution in [0.1, 0.15) is 6.42 Å². The molecule has 2 aromatic heterocycles. The molecule has 24 heavy (non-hydrogen) atoms. The van der Waals surface area contributed by atoms with Crippen LogP contribution in [0.3, 0.4) is 0 Å². The summed E-state index contributed by atoms with van der Waals surface area (Å²) in [6.07, 6.45) is 1.99. The highest BCUT2D eigenvalue weighted by molar-refractivity contribution is 5.96. The van der Waals surface area contributed by atoms with Crippen molar-refractivity contribution in [3.8, 4) is 11.1 Å². The van der Waals surface area contributed by atoms with Gasteiger partial charge < -0.3 is 4.90 Å². The second-order valence-corrected chi connectivity index (χ2v) is 5.34. The van der Waals surface area contributed by atoms with Gasteiger partial charge in [-0.25, -0.2) is 18.2 Å². The van der Waals surface area contributed by atoms with E-state index < -0.39 is 34.5 Å². The summed E-state index contributed by atoms with van der Waals surface area (Å²) in [6, 6.07) is 1.00. The van der Waals surface area contributed by atoms with E-state index in [4.69, 9.17) is 0 Å². The molecule has 9 heteroatoms. The van der Waals surface area contributed by atoms with Crippen molar-refractivity contribution in [2.75, 3.05) is 18.0 Å². The number of pyridine rings is 1. The molecule has 4 rings (SSSR count). The third-order valence-corrected chi connectivity index (χ3v) is 3.90. The number of halogens is 4. The van der Waals surface area contributed by atoms with Crippen LogP contribution in [0.4, 0.5) is 23.2 Å². The number of nitrogens with zero attached hydrogens (tertiary/aromatic N) is 5. The Labute approximate surface area is 133 Å². The van der Waals surface area contributed by atoms with Crippen molar-refractivity contribution in [3.05, 3.63) is 41.9 Å². The molecule has 3 heterocycles. The maximum absolute atomic E-state index is 14.6. The van der Waals surface area contributed by atoms with Gasteiger partial charge in [0.25, 0.3) is 0 Å². The Kier molecular flexibility index (Phi) is 3.29. The first kappa shape index (κ1) is 14.7. The Morgan fingerprint density at radius 1 is 0.958 bits per heavy atom. The fraction of sp³-hybridized carbons (Fsp3) is 0.200. The van der Waals surface area contributed by atoms with Crippen LogP contribution in [0, 0.1) is 23.4 Å². The monoisotopic (exact) mass is 335 g/mol. The first-order valence-corrected chi connectivity index (χ1v) is 7.13. The van der Waals surface area contributed by atoms with Crippen molar-refractivity contribution in [1.29, 1.82) is 0 Å². The summed E-state index contributed by atoms with van der Waals surface area (Å²) in [4.78, 5) is 9.35. The van der Waals surface area contributed by atoms with E-state index in [1.54, 1.807) is 4.90 Å². The fourth-order valence-corrected chi connectivity index (χ4v) is 2.73. The predicted octanol–water partition coefficient (Wildman–Crippen LogP) is 2.85. The Balaban J connectivity index is 2.10. The largest absolute Gasteiger partial charge is 0.369 e. The molecule has 0 bridgehead atoms. The van der Waals surface area contributed by atoms with Crippen LogP contribution in [0.25, 0.3) is 22.3 Å². The topological polar surface area (TPSA) is 54.8 Å². The molecule has 0 radical (unpaired) electrons. The molecule has 1 aliphatic heterocycles. The lowest BCUT2D eigenvalue weighted by molar-refractivity contribution is 0.540. The average molecular weight is 335 g/mol. The van der Waals surface area contributed by atoms with E-state index in [1.165, 1.54) is 0 Å². The lowest BCUT2D eigenvalue weighted by Gasteiger charge is -2.35. The molecule has 1 aliphatic rings. The van der Waals surface area contributed by atoms with E-state index in [0.717, 1.165) is 12.7 Å². The molecular formula is C15H9F4N5. The molecule has 0 atom stereocenters. The van der Waals surface area contributed by atoms with Crippen molar-refractivity contribution < 1.29 is 17.6 Å². The molecule has 0 saturated carbocycles. The molecule has 0 N–H and O–H groups in total. The van der Waals surface area contributed by atoms with Crippen molar-refractivity contribution >= 4 is 16.9 Å². The van der Waals surface area contributed by atoms with E-state index in [0.29, 0.717) is 25.2 Å². The maximum Gasteiger partial charge on any atom is 0.225 e. The maximum atomic E-state index is 14.6. The van der Waals surface area contributed by atoms with Gasteiger partial charge in [-0.15, -0.1) is 10.2 Å². The minimum absolute atomic E-state index is 0.0661. The molecule has 0 spiro atoms. The van der Waals surface area contributed by atoms with Gasteiger partial charge in [0.2, 0.25) is 11.6 Å². The molecule has 5 nitrogen and oxygen atoms in total. The highest BCUT2D eigenvalue weighted by Crippen LogP contribution is 2.41. The minimum Gasteiger partial charge on any atom is -0.369 e. The van der Waals surface area contributed by atoms with Gasteiger partial charge in [-0.2, -0.15) is 9.37 Å². The van der Waals surface area contributed by atoms with E-state index in [-0.39, 0.29) is 16.9 Å². The summed E-state index contributed by atoms with van der Waals surface area (Å²) < 4.78 is 56.2. The Morgan fingerprint density at radius 2 is 1.67 bits per heavy atom. The zero-order valence-corrected chi connectivity index (χ0v) is 12.1. The quantitative estimate of drug-likeness (QED) is 0.532. The minimum atomic E-state index is -1.21. The van der Waals surface area contributed by atoms with Gasteiger partial charge in [0.1, 0.15) is 29.3 Å². The Morgan fingerprint density at radius 3 is 2.29 bits per heavy atom. The number of hydrogen-bond acceptors (Lipinski definition) is 5. The number of aromatic nitrogens is 4. The van der Waals surface area contributed by atoms with Gasteiger partial charge in [-0.05, 0) is 6.42 Å². The molecule has 122 valence electrons. The third kappa shape index (κ3) is 2.15. The Bertz CT molecular complexity index is 935. The van der Waals surface area contributed by atoms with Gasteiger partial charge in [0, 0.05) is 25.2 Å². The lowest BCUT2D eigenvalue weighted by Crippen LogP contribution is -2.38. The van der Waals surface area contributed by atoms with Crippen molar-refractivity contribution in [2.45, 2.75) is 6.42 Å².